The molecule has 7 nitrogen and oxygen atoms in total. The van der Waals surface area contributed by atoms with Crippen molar-refractivity contribution in [1.82, 2.24) is 4.90 Å². The number of benzene rings is 2. The van der Waals surface area contributed by atoms with E-state index in [1.54, 1.807) is 36.3 Å². The Morgan fingerprint density at radius 1 is 1.26 bits per heavy atom. The van der Waals surface area contributed by atoms with Gasteiger partial charge in [0.05, 0.1) is 29.9 Å². The molecule has 0 aromatic heterocycles. The van der Waals surface area contributed by atoms with Gasteiger partial charge in [0.25, 0.3) is 5.91 Å². The first-order valence-electron chi connectivity index (χ1n) is 9.51. The Bertz CT molecular complexity index is 1080. The number of amides is 1. The maximum atomic E-state index is 13.0. The Hall–Kier alpha value is -2.78. The van der Waals surface area contributed by atoms with E-state index in [4.69, 9.17) is 9.47 Å². The van der Waals surface area contributed by atoms with Crippen LogP contribution >= 0.6 is 27.7 Å². The lowest BCUT2D eigenvalue weighted by Gasteiger charge is -2.12. The van der Waals surface area contributed by atoms with Crippen molar-refractivity contribution < 1.29 is 24.2 Å². The fourth-order valence-corrected chi connectivity index (χ4v) is 4.41. The van der Waals surface area contributed by atoms with Crippen molar-refractivity contribution in [3.8, 4) is 11.5 Å². The summed E-state index contributed by atoms with van der Waals surface area (Å²) >= 11 is 4.76. The summed E-state index contributed by atoms with van der Waals surface area (Å²) in [7, 11) is 1.57. The van der Waals surface area contributed by atoms with E-state index in [0.29, 0.717) is 40.4 Å². The van der Waals surface area contributed by atoms with Crippen LogP contribution < -0.4 is 9.47 Å². The van der Waals surface area contributed by atoms with E-state index < -0.39 is 5.97 Å². The summed E-state index contributed by atoms with van der Waals surface area (Å²) in [5.74, 6) is -0.0137. The number of rotatable bonds is 7. The summed E-state index contributed by atoms with van der Waals surface area (Å²) in [6.45, 7) is 4.67. The summed E-state index contributed by atoms with van der Waals surface area (Å²) in [6.07, 6.45) is 1.78. The number of methoxy groups -OCH3 is 1. The van der Waals surface area contributed by atoms with Crippen LogP contribution in [0.2, 0.25) is 0 Å². The molecule has 0 spiro atoms. The number of thioether (sulfide) groups is 1. The summed E-state index contributed by atoms with van der Waals surface area (Å²) in [4.78, 5) is 30.8. The Balaban J connectivity index is 1.98. The van der Waals surface area contributed by atoms with E-state index in [9.17, 15) is 14.7 Å². The highest BCUT2D eigenvalue weighted by atomic mass is 79.9. The van der Waals surface area contributed by atoms with Gasteiger partial charge in [-0.15, -0.1) is 0 Å². The Morgan fingerprint density at radius 2 is 2.03 bits per heavy atom. The molecule has 9 heteroatoms. The van der Waals surface area contributed by atoms with Gasteiger partial charge in [0.15, 0.2) is 16.7 Å². The zero-order valence-corrected chi connectivity index (χ0v) is 19.6. The number of nitrogens with zero attached hydrogens (tertiary/aromatic N) is 2. The second-order valence-electron chi connectivity index (χ2n) is 6.37. The van der Waals surface area contributed by atoms with Gasteiger partial charge < -0.3 is 14.6 Å². The summed E-state index contributed by atoms with van der Waals surface area (Å²) in [6, 6.07) is 9.92. The van der Waals surface area contributed by atoms with Crippen LogP contribution in [0.5, 0.6) is 11.5 Å². The van der Waals surface area contributed by atoms with Crippen LogP contribution in [-0.4, -0.2) is 47.3 Å². The number of carboxylic acid groups (broad SMARTS) is 1. The number of halogens is 1. The smallest absolute Gasteiger partial charge is 0.335 e. The van der Waals surface area contributed by atoms with Gasteiger partial charge >= 0.3 is 5.97 Å². The first kappa shape index (κ1) is 22.9. The first-order chi connectivity index (χ1) is 14.9. The molecule has 1 amide bonds. The number of hydrogen-bond acceptors (Lipinski definition) is 6. The molecule has 2 aromatic rings. The number of carbonyl (C=O) groups is 2. The zero-order valence-electron chi connectivity index (χ0n) is 17.2. The minimum absolute atomic E-state index is 0.139. The van der Waals surface area contributed by atoms with Crippen molar-refractivity contribution in [3.05, 3.63) is 56.9 Å². The summed E-state index contributed by atoms with van der Waals surface area (Å²) < 4.78 is 11.8. The number of aliphatic imine (C=N–C) groups is 1. The topological polar surface area (TPSA) is 88.4 Å². The molecular formula is C22H21BrN2O5S. The van der Waals surface area contributed by atoms with Crippen molar-refractivity contribution in [3.63, 3.8) is 0 Å². The van der Waals surface area contributed by atoms with Gasteiger partial charge in [0.1, 0.15) is 0 Å². The molecule has 1 fully saturated rings. The van der Waals surface area contributed by atoms with Gasteiger partial charge in [0, 0.05) is 11.0 Å². The normalized spacial score (nSPS) is 16.3. The van der Waals surface area contributed by atoms with Crippen LogP contribution in [0.3, 0.4) is 0 Å². The molecule has 0 radical (unpaired) electrons. The number of likely N-dealkylation sites (N-methyl/N-ethyl adjacent to an activating group) is 1. The molecule has 0 saturated carbocycles. The Morgan fingerprint density at radius 3 is 2.68 bits per heavy atom. The summed E-state index contributed by atoms with van der Waals surface area (Å²) in [5.41, 5.74) is 1.38. The predicted octanol–water partition coefficient (Wildman–Crippen LogP) is 5.18. The molecular weight excluding hydrogens is 484 g/mol. The van der Waals surface area contributed by atoms with Crippen molar-refractivity contribution in [2.24, 2.45) is 4.99 Å². The number of hydrogen-bond donors (Lipinski definition) is 1. The van der Waals surface area contributed by atoms with E-state index in [1.807, 2.05) is 19.9 Å². The second-order valence-corrected chi connectivity index (χ2v) is 8.23. The molecule has 2 aromatic carbocycles. The lowest BCUT2D eigenvalue weighted by Crippen LogP contribution is -2.28. The van der Waals surface area contributed by atoms with E-state index in [1.165, 1.54) is 23.9 Å². The third kappa shape index (κ3) is 5.11. The van der Waals surface area contributed by atoms with Crippen molar-refractivity contribution in [2.45, 2.75) is 13.8 Å². The second kappa shape index (κ2) is 10.0. The average Bonchev–Trinajstić information content (AvgIpc) is 3.04. The molecule has 0 unspecified atom stereocenters. The summed E-state index contributed by atoms with van der Waals surface area (Å²) in [5, 5.41) is 9.69. The molecule has 31 heavy (non-hydrogen) atoms. The lowest BCUT2D eigenvalue weighted by molar-refractivity contribution is -0.122. The molecule has 1 heterocycles. The van der Waals surface area contributed by atoms with Crippen LogP contribution in [0.25, 0.3) is 6.08 Å². The molecule has 1 aliphatic heterocycles. The quantitative estimate of drug-likeness (QED) is 0.522. The highest BCUT2D eigenvalue weighted by molar-refractivity contribution is 9.10. The van der Waals surface area contributed by atoms with Gasteiger partial charge in [-0.05, 0) is 67.6 Å². The average molecular weight is 505 g/mol. The minimum atomic E-state index is -1.03. The molecule has 0 atom stereocenters. The third-order valence-corrected chi connectivity index (χ3v) is 6.08. The van der Waals surface area contributed by atoms with Crippen LogP contribution in [0, 0.1) is 0 Å². The fourth-order valence-electron chi connectivity index (χ4n) is 2.92. The van der Waals surface area contributed by atoms with Crippen LogP contribution in [0.1, 0.15) is 29.8 Å². The van der Waals surface area contributed by atoms with E-state index in [-0.39, 0.29) is 11.5 Å². The fraction of sp³-hybridized carbons (Fsp3) is 0.227. The minimum Gasteiger partial charge on any atom is -0.493 e. The van der Waals surface area contributed by atoms with E-state index in [0.717, 1.165) is 10.0 Å². The van der Waals surface area contributed by atoms with E-state index >= 15 is 0 Å². The Kier molecular flexibility index (Phi) is 7.40. The van der Waals surface area contributed by atoms with Gasteiger partial charge in [-0.3, -0.25) is 9.69 Å². The standard InChI is InChI=1S/C22H21BrN2O5S/c1-4-25-20(26)19(11-14-10-18(30-5-2)17(29-3)12-16(14)23)31-22(25)24-15-8-6-7-13(9-15)21(27)28/h6-12H,4-5H2,1-3H3,(H,27,28). The number of aromatic carboxylic acids is 1. The molecule has 3 rings (SSSR count). The highest BCUT2D eigenvalue weighted by Gasteiger charge is 2.32. The number of carboxylic acids is 1. The monoisotopic (exact) mass is 504 g/mol. The zero-order chi connectivity index (χ0) is 22.5. The van der Waals surface area contributed by atoms with Gasteiger partial charge in [-0.1, -0.05) is 22.0 Å². The molecule has 1 N–H and O–H groups in total. The van der Waals surface area contributed by atoms with Gasteiger partial charge in [0.2, 0.25) is 0 Å². The SMILES string of the molecule is CCOc1cc(C=C2SC(=Nc3cccc(C(=O)O)c3)N(CC)C2=O)c(Br)cc1OC. The lowest BCUT2D eigenvalue weighted by atomic mass is 10.2. The van der Waals surface area contributed by atoms with Crippen LogP contribution in [0.15, 0.2) is 50.8 Å². The van der Waals surface area contributed by atoms with Gasteiger partial charge in [-0.2, -0.15) is 0 Å². The van der Waals surface area contributed by atoms with Crippen LogP contribution in [0.4, 0.5) is 5.69 Å². The number of ether oxygens (including phenoxy) is 2. The van der Waals surface area contributed by atoms with Gasteiger partial charge in [-0.25, -0.2) is 9.79 Å². The maximum Gasteiger partial charge on any atom is 0.335 e. The molecule has 1 saturated heterocycles. The molecule has 0 bridgehead atoms. The van der Waals surface area contributed by atoms with Crippen molar-refractivity contribution >= 4 is 56.5 Å². The maximum absolute atomic E-state index is 13.0. The first-order valence-corrected chi connectivity index (χ1v) is 11.1. The number of amidine groups is 1. The molecule has 162 valence electrons. The van der Waals surface area contributed by atoms with Crippen LogP contribution in [-0.2, 0) is 4.79 Å². The van der Waals surface area contributed by atoms with E-state index in [2.05, 4.69) is 20.9 Å². The van der Waals surface area contributed by atoms with Crippen molar-refractivity contribution in [1.29, 1.82) is 0 Å². The third-order valence-electron chi connectivity index (χ3n) is 4.39. The largest absolute Gasteiger partial charge is 0.493 e. The Labute approximate surface area is 192 Å². The van der Waals surface area contributed by atoms with Crippen molar-refractivity contribution in [2.75, 3.05) is 20.3 Å². The molecule has 0 aliphatic carbocycles. The number of carbonyl (C=O) groups excluding carboxylic acids is 1. The predicted molar refractivity (Wildman–Crippen MR) is 125 cm³/mol. The molecule has 1 aliphatic rings. The highest BCUT2D eigenvalue weighted by Crippen LogP contribution is 2.38.